The number of carbonyl (C=O) groups is 1. The minimum absolute atomic E-state index is 0.0109. The van der Waals surface area contributed by atoms with Crippen molar-refractivity contribution >= 4 is 27.4 Å². The quantitative estimate of drug-likeness (QED) is 0.488. The minimum Gasteiger partial charge on any atom is -0.459 e. The molecular formula is C24H29N5O5S. The van der Waals surface area contributed by atoms with Crippen molar-refractivity contribution in [2.75, 3.05) is 25.9 Å². The van der Waals surface area contributed by atoms with E-state index in [9.17, 15) is 18.0 Å². The van der Waals surface area contributed by atoms with E-state index in [1.807, 2.05) is 19.1 Å². The predicted molar refractivity (Wildman–Crippen MR) is 131 cm³/mol. The highest BCUT2D eigenvalue weighted by Gasteiger charge is 2.45. The van der Waals surface area contributed by atoms with Gasteiger partial charge in [0.25, 0.3) is 5.56 Å². The zero-order valence-corrected chi connectivity index (χ0v) is 20.8. The Balaban J connectivity index is 1.48. The Bertz CT molecular complexity index is 1460. The van der Waals surface area contributed by atoms with Crippen LogP contribution in [0.5, 0.6) is 0 Å². The Hall–Kier alpha value is -3.02. The van der Waals surface area contributed by atoms with Gasteiger partial charge in [-0.15, -0.1) is 0 Å². The second-order valence-corrected chi connectivity index (χ2v) is 11.6. The van der Waals surface area contributed by atoms with E-state index in [0.29, 0.717) is 49.3 Å². The highest BCUT2D eigenvalue weighted by atomic mass is 32.2. The summed E-state index contributed by atoms with van der Waals surface area (Å²) in [6.07, 6.45) is 7.08. The molecule has 35 heavy (non-hydrogen) atoms. The average molecular weight is 500 g/mol. The fourth-order valence-corrected chi connectivity index (χ4v) is 5.76. The lowest BCUT2D eigenvalue weighted by molar-refractivity contribution is -0.110. The normalized spacial score (nSPS) is 20.7. The highest BCUT2D eigenvalue weighted by molar-refractivity contribution is 7.88. The van der Waals surface area contributed by atoms with Gasteiger partial charge in [0.15, 0.2) is 0 Å². The molecule has 186 valence electrons. The molecule has 10 nitrogen and oxygen atoms in total. The molecule has 0 radical (unpaired) electrons. The molecule has 3 aromatic rings. The second-order valence-electron chi connectivity index (χ2n) is 9.63. The first-order valence-electron chi connectivity index (χ1n) is 11.6. The monoisotopic (exact) mass is 499 g/mol. The third-order valence-corrected chi connectivity index (χ3v) is 8.37. The summed E-state index contributed by atoms with van der Waals surface area (Å²) in [4.78, 5) is 30.6. The molecule has 5 rings (SSSR count). The molecule has 3 aromatic heterocycles. The van der Waals surface area contributed by atoms with Crippen molar-refractivity contribution in [2.45, 2.75) is 37.9 Å². The summed E-state index contributed by atoms with van der Waals surface area (Å²) >= 11 is 0. The van der Waals surface area contributed by atoms with Gasteiger partial charge < -0.3 is 14.3 Å². The van der Waals surface area contributed by atoms with E-state index < -0.39 is 15.6 Å². The van der Waals surface area contributed by atoms with E-state index >= 15 is 0 Å². The standard InChI is InChI=1S/C24H29N5O5S/c1-16-12-29(35(3,32)33)9-8-28(16)13-18-11-19-22(34-18)20(14-27(2)23(19)31)17-4-7-25-21(10-17)24(5-6-24)26-15-30/h4,7,10-11,14-16H,5-6,8-9,12-13H2,1-3H3,(H,26,30)/t16-/m1/s1. The fraction of sp³-hybridized carbons (Fsp3) is 0.458. The van der Waals surface area contributed by atoms with Gasteiger partial charge in [-0.3, -0.25) is 19.5 Å². The zero-order valence-electron chi connectivity index (χ0n) is 20.0. The number of aryl methyl sites for hydroxylation is 1. The van der Waals surface area contributed by atoms with Gasteiger partial charge >= 0.3 is 0 Å². The molecule has 2 fully saturated rings. The van der Waals surface area contributed by atoms with Gasteiger partial charge in [0.05, 0.1) is 29.4 Å². The molecule has 1 aliphatic carbocycles. The van der Waals surface area contributed by atoms with E-state index in [1.165, 1.54) is 10.6 Å². The SMILES string of the molecule is C[C@@H]1CN(S(C)(=O)=O)CCN1Cc1cc2c(=O)n(C)cc(-c3ccnc(C4(NC=O)CC4)c3)c2o1. The van der Waals surface area contributed by atoms with Gasteiger partial charge in [-0.25, -0.2) is 8.42 Å². The summed E-state index contributed by atoms with van der Waals surface area (Å²) in [7, 11) is -1.51. The van der Waals surface area contributed by atoms with Crippen molar-refractivity contribution in [3.05, 3.63) is 52.4 Å². The molecule has 1 atom stereocenters. The van der Waals surface area contributed by atoms with Gasteiger partial charge in [-0.2, -0.15) is 4.31 Å². The smallest absolute Gasteiger partial charge is 0.261 e. The molecule has 0 aromatic carbocycles. The lowest BCUT2D eigenvalue weighted by Crippen LogP contribution is -2.52. The number of pyridine rings is 2. The molecule has 2 aliphatic rings. The van der Waals surface area contributed by atoms with Gasteiger partial charge in [0.2, 0.25) is 16.4 Å². The van der Waals surface area contributed by atoms with Crippen LogP contribution in [0.1, 0.15) is 31.2 Å². The summed E-state index contributed by atoms with van der Waals surface area (Å²) in [5.74, 6) is 0.653. The van der Waals surface area contributed by atoms with E-state index in [4.69, 9.17) is 4.42 Å². The van der Waals surface area contributed by atoms with Crippen molar-refractivity contribution < 1.29 is 17.6 Å². The Morgan fingerprint density at radius 2 is 2.06 bits per heavy atom. The third-order valence-electron chi connectivity index (χ3n) is 7.10. The maximum Gasteiger partial charge on any atom is 0.261 e. The van der Waals surface area contributed by atoms with Crippen LogP contribution in [0, 0.1) is 0 Å². The number of nitrogens with zero attached hydrogens (tertiary/aromatic N) is 4. The number of hydrogen-bond acceptors (Lipinski definition) is 7. The Morgan fingerprint density at radius 3 is 2.71 bits per heavy atom. The fourth-order valence-electron chi connectivity index (χ4n) is 4.86. The summed E-state index contributed by atoms with van der Waals surface area (Å²) in [6.45, 7) is 3.89. The first-order chi connectivity index (χ1) is 16.6. The van der Waals surface area contributed by atoms with Crippen molar-refractivity contribution in [3.63, 3.8) is 0 Å². The van der Waals surface area contributed by atoms with Crippen LogP contribution in [0.3, 0.4) is 0 Å². The van der Waals surface area contributed by atoms with Crippen LogP contribution in [0.15, 0.2) is 39.8 Å². The topological polar surface area (TPSA) is 118 Å². The van der Waals surface area contributed by atoms with Crippen molar-refractivity contribution in [3.8, 4) is 11.1 Å². The molecule has 4 heterocycles. The Kier molecular flexibility index (Phi) is 5.81. The van der Waals surface area contributed by atoms with E-state index in [0.717, 1.165) is 29.7 Å². The zero-order chi connectivity index (χ0) is 25.0. The maximum absolute atomic E-state index is 12.9. The summed E-state index contributed by atoms with van der Waals surface area (Å²) in [5, 5.41) is 3.38. The van der Waals surface area contributed by atoms with Crippen LogP contribution >= 0.6 is 0 Å². The summed E-state index contributed by atoms with van der Waals surface area (Å²) < 4.78 is 33.1. The minimum atomic E-state index is -3.23. The number of rotatable bonds is 7. The molecule has 0 unspecified atom stereocenters. The lowest BCUT2D eigenvalue weighted by atomic mass is 10.0. The third kappa shape index (κ3) is 4.39. The molecule has 11 heteroatoms. The molecule has 0 bridgehead atoms. The highest BCUT2D eigenvalue weighted by Crippen LogP contribution is 2.45. The number of aromatic nitrogens is 2. The number of amides is 1. The summed E-state index contributed by atoms with van der Waals surface area (Å²) in [5.41, 5.74) is 2.35. The lowest BCUT2D eigenvalue weighted by Gasteiger charge is -2.38. The van der Waals surface area contributed by atoms with Crippen molar-refractivity contribution in [2.24, 2.45) is 7.05 Å². The average Bonchev–Trinajstić information content (AvgIpc) is 3.48. The summed E-state index contributed by atoms with van der Waals surface area (Å²) in [6, 6.07) is 5.61. The van der Waals surface area contributed by atoms with E-state index in [2.05, 4.69) is 15.2 Å². The van der Waals surface area contributed by atoms with Gasteiger partial charge in [-0.05, 0) is 43.5 Å². The Morgan fingerprint density at radius 1 is 1.29 bits per heavy atom. The molecule has 1 saturated carbocycles. The van der Waals surface area contributed by atoms with Crippen LogP contribution in [0.2, 0.25) is 0 Å². The second kappa shape index (κ2) is 8.58. The van der Waals surface area contributed by atoms with E-state index in [-0.39, 0.29) is 11.6 Å². The molecule has 1 aliphatic heterocycles. The molecule has 1 saturated heterocycles. The molecule has 0 spiro atoms. The first-order valence-corrected chi connectivity index (χ1v) is 13.5. The van der Waals surface area contributed by atoms with Crippen molar-refractivity contribution in [1.29, 1.82) is 0 Å². The Labute approximate surface area is 203 Å². The first kappa shape index (κ1) is 23.7. The molecule has 1 N–H and O–H groups in total. The van der Waals surface area contributed by atoms with Crippen LogP contribution < -0.4 is 10.9 Å². The maximum atomic E-state index is 12.9. The number of piperazine rings is 1. The van der Waals surface area contributed by atoms with Crippen LogP contribution in [0.4, 0.5) is 0 Å². The number of furan rings is 1. The van der Waals surface area contributed by atoms with Crippen LogP contribution in [0.25, 0.3) is 22.1 Å². The van der Waals surface area contributed by atoms with Crippen LogP contribution in [-0.4, -0.2) is 65.5 Å². The number of carbonyl (C=O) groups excluding carboxylic acids is 1. The largest absolute Gasteiger partial charge is 0.459 e. The number of hydrogen-bond donors (Lipinski definition) is 1. The van der Waals surface area contributed by atoms with Crippen LogP contribution in [-0.2, 0) is 33.9 Å². The van der Waals surface area contributed by atoms with E-state index in [1.54, 1.807) is 30.1 Å². The number of fused-ring (bicyclic) bond motifs is 1. The van der Waals surface area contributed by atoms with Gasteiger partial charge in [-0.1, -0.05) is 0 Å². The van der Waals surface area contributed by atoms with Gasteiger partial charge in [0, 0.05) is 50.7 Å². The number of nitrogens with one attached hydrogen (secondary N) is 1. The predicted octanol–water partition coefficient (Wildman–Crippen LogP) is 1.39. The molecule has 1 amide bonds. The number of sulfonamides is 1. The van der Waals surface area contributed by atoms with Crippen molar-refractivity contribution in [1.82, 2.24) is 24.1 Å². The molecular weight excluding hydrogens is 470 g/mol. The van der Waals surface area contributed by atoms with Gasteiger partial charge in [0.1, 0.15) is 11.3 Å².